The molecule has 0 saturated heterocycles. The molecule has 42 heavy (non-hydrogen) atoms. The van der Waals surface area contributed by atoms with Crippen molar-refractivity contribution in [1.82, 2.24) is 0 Å². The highest BCUT2D eigenvalue weighted by molar-refractivity contribution is 5.70. The fourth-order valence-electron chi connectivity index (χ4n) is 4.68. The lowest BCUT2D eigenvalue weighted by molar-refractivity contribution is -0.161. The predicted molar refractivity (Wildman–Crippen MR) is 178 cm³/mol. The monoisotopic (exact) mass is 590 g/mol. The average Bonchev–Trinajstić information content (AvgIpc) is 2.99. The van der Waals surface area contributed by atoms with E-state index in [1.54, 1.807) is 0 Å². The van der Waals surface area contributed by atoms with Crippen molar-refractivity contribution in [2.75, 3.05) is 13.2 Å². The van der Waals surface area contributed by atoms with E-state index in [2.05, 4.69) is 50.3 Å². The van der Waals surface area contributed by atoms with Gasteiger partial charge in [0.25, 0.3) is 0 Å². The van der Waals surface area contributed by atoms with E-state index in [1.807, 2.05) is 0 Å². The van der Waals surface area contributed by atoms with Crippen LogP contribution in [0, 0.1) is 0 Å². The lowest BCUT2D eigenvalue weighted by Gasteiger charge is -2.15. The zero-order valence-corrected chi connectivity index (χ0v) is 27.5. The molecule has 1 atom stereocenters. The number of hydrogen-bond acceptors (Lipinski definition) is 5. The molecule has 0 aromatic carbocycles. The molecule has 0 aliphatic rings. The summed E-state index contributed by atoms with van der Waals surface area (Å²) in [4.78, 5) is 24.1. The molecule has 0 aliphatic heterocycles. The van der Waals surface area contributed by atoms with Gasteiger partial charge in [0, 0.05) is 12.8 Å². The quantitative estimate of drug-likeness (QED) is 0.0494. The van der Waals surface area contributed by atoms with Crippen LogP contribution in [0.1, 0.15) is 168 Å². The number of aliphatic hydroxyl groups is 1. The van der Waals surface area contributed by atoms with Gasteiger partial charge in [-0.2, -0.15) is 0 Å². The topological polar surface area (TPSA) is 72.8 Å². The highest BCUT2D eigenvalue weighted by Crippen LogP contribution is 2.12. The van der Waals surface area contributed by atoms with E-state index in [1.165, 1.54) is 83.5 Å². The van der Waals surface area contributed by atoms with Gasteiger partial charge >= 0.3 is 11.9 Å². The molecule has 0 aliphatic carbocycles. The second-order valence-corrected chi connectivity index (χ2v) is 11.6. The third-order valence-corrected chi connectivity index (χ3v) is 7.41. The van der Waals surface area contributed by atoms with Crippen LogP contribution < -0.4 is 0 Å². The Kier molecular flexibility index (Phi) is 32.1. The number of ether oxygens (including phenoxy) is 2. The van der Waals surface area contributed by atoms with E-state index in [9.17, 15) is 14.7 Å². The van der Waals surface area contributed by atoms with Crippen LogP contribution in [0.2, 0.25) is 0 Å². The second kappa shape index (κ2) is 33.6. The Morgan fingerprint density at radius 1 is 0.548 bits per heavy atom. The Hall–Kier alpha value is -1.88. The smallest absolute Gasteiger partial charge is 0.306 e. The Balaban J connectivity index is 3.60. The minimum absolute atomic E-state index is 0.0730. The molecule has 244 valence electrons. The summed E-state index contributed by atoms with van der Waals surface area (Å²) in [5, 5.41) is 9.50. The summed E-state index contributed by atoms with van der Waals surface area (Å²) in [6, 6.07) is 0. The van der Waals surface area contributed by atoms with Crippen LogP contribution in [0.4, 0.5) is 0 Å². The highest BCUT2D eigenvalue weighted by atomic mass is 16.6. The fraction of sp³-hybridized carbons (Fsp3) is 0.784. The lowest BCUT2D eigenvalue weighted by Crippen LogP contribution is -2.28. The van der Waals surface area contributed by atoms with Crippen LogP contribution in [-0.4, -0.2) is 36.4 Å². The minimum atomic E-state index is -0.775. The molecule has 0 unspecified atom stereocenters. The maximum Gasteiger partial charge on any atom is 0.306 e. The Morgan fingerprint density at radius 3 is 1.50 bits per heavy atom. The maximum absolute atomic E-state index is 12.1. The van der Waals surface area contributed by atoms with Crippen molar-refractivity contribution in [2.45, 2.75) is 174 Å². The zero-order chi connectivity index (χ0) is 30.8. The van der Waals surface area contributed by atoms with Crippen LogP contribution in [0.3, 0.4) is 0 Å². The molecule has 1 N–H and O–H groups in total. The van der Waals surface area contributed by atoms with Crippen molar-refractivity contribution in [3.8, 4) is 0 Å². The Bertz CT molecular complexity index is 682. The van der Waals surface area contributed by atoms with Crippen LogP contribution in [0.25, 0.3) is 0 Å². The third-order valence-electron chi connectivity index (χ3n) is 7.41. The van der Waals surface area contributed by atoms with Crippen LogP contribution in [0.5, 0.6) is 0 Å². The minimum Gasteiger partial charge on any atom is -0.462 e. The SMILES string of the molecule is CCCCC=CCCCCCCCC(=O)OC[C@H](CO)OC(=O)CCCCCCCCCC=CCC=CCCCCC. The zero-order valence-electron chi connectivity index (χ0n) is 27.5. The Labute approximate surface area is 259 Å². The molecule has 0 radical (unpaired) electrons. The number of rotatable bonds is 31. The molecule has 0 bridgehead atoms. The van der Waals surface area contributed by atoms with E-state index in [0.29, 0.717) is 12.8 Å². The summed E-state index contributed by atoms with van der Waals surface area (Å²) in [5.74, 6) is -0.613. The molecule has 0 spiro atoms. The summed E-state index contributed by atoms with van der Waals surface area (Å²) in [5.41, 5.74) is 0. The summed E-state index contributed by atoms with van der Waals surface area (Å²) < 4.78 is 10.5. The van der Waals surface area contributed by atoms with Crippen molar-refractivity contribution < 1.29 is 24.2 Å². The largest absolute Gasteiger partial charge is 0.462 e. The van der Waals surface area contributed by atoms with Gasteiger partial charge in [-0.15, -0.1) is 0 Å². The first kappa shape index (κ1) is 40.1. The van der Waals surface area contributed by atoms with Crippen LogP contribution in [0.15, 0.2) is 36.5 Å². The first-order valence-corrected chi connectivity index (χ1v) is 17.5. The number of unbranched alkanes of at least 4 members (excludes halogenated alkanes) is 17. The van der Waals surface area contributed by atoms with Crippen molar-refractivity contribution >= 4 is 11.9 Å². The molecule has 0 aromatic heterocycles. The van der Waals surface area contributed by atoms with E-state index < -0.39 is 6.10 Å². The van der Waals surface area contributed by atoms with Crippen molar-refractivity contribution in [2.24, 2.45) is 0 Å². The number of carbonyl (C=O) groups excluding carboxylic acids is 2. The lowest BCUT2D eigenvalue weighted by atomic mass is 10.1. The van der Waals surface area contributed by atoms with Crippen molar-refractivity contribution in [1.29, 1.82) is 0 Å². The standard InChI is InChI=1S/C37H66O5/c1-3-5-7-9-11-13-15-16-17-18-19-20-22-24-26-28-30-32-37(40)42-35(33-38)34-41-36(39)31-29-27-25-23-21-14-12-10-8-6-4-2/h10-13,16-17,35,38H,3-9,14-15,18-34H2,1-2H3/t35-/m0/s1. The molecular formula is C37H66O5. The van der Waals surface area contributed by atoms with E-state index in [0.717, 1.165) is 57.8 Å². The first-order valence-electron chi connectivity index (χ1n) is 17.5. The number of aliphatic hydroxyl groups excluding tert-OH is 1. The van der Waals surface area contributed by atoms with E-state index >= 15 is 0 Å². The molecule has 0 heterocycles. The number of carbonyl (C=O) groups is 2. The molecule has 5 nitrogen and oxygen atoms in total. The molecule has 0 saturated carbocycles. The predicted octanol–water partition coefficient (Wildman–Crippen LogP) is 10.5. The fourth-order valence-corrected chi connectivity index (χ4v) is 4.68. The number of esters is 2. The van der Waals surface area contributed by atoms with Gasteiger partial charge in [0.05, 0.1) is 6.61 Å². The molecular weight excluding hydrogens is 524 g/mol. The van der Waals surface area contributed by atoms with Crippen molar-refractivity contribution in [3.05, 3.63) is 36.5 Å². The van der Waals surface area contributed by atoms with Crippen LogP contribution >= 0.6 is 0 Å². The summed E-state index contributed by atoms with van der Waals surface area (Å²) in [6.07, 6.45) is 39.1. The summed E-state index contributed by atoms with van der Waals surface area (Å²) in [7, 11) is 0. The van der Waals surface area contributed by atoms with Crippen molar-refractivity contribution in [3.63, 3.8) is 0 Å². The molecule has 0 amide bonds. The number of allylic oxidation sites excluding steroid dienone is 6. The maximum atomic E-state index is 12.1. The van der Waals surface area contributed by atoms with E-state index in [-0.39, 0.29) is 25.2 Å². The van der Waals surface area contributed by atoms with Gasteiger partial charge in [0.1, 0.15) is 6.61 Å². The van der Waals surface area contributed by atoms with Gasteiger partial charge in [-0.25, -0.2) is 0 Å². The molecule has 0 aromatic rings. The van der Waals surface area contributed by atoms with Gasteiger partial charge in [0.15, 0.2) is 6.10 Å². The van der Waals surface area contributed by atoms with E-state index in [4.69, 9.17) is 9.47 Å². The number of hydrogen-bond donors (Lipinski definition) is 1. The summed E-state index contributed by atoms with van der Waals surface area (Å²) >= 11 is 0. The average molecular weight is 591 g/mol. The third kappa shape index (κ3) is 31.1. The molecule has 0 fully saturated rings. The first-order chi connectivity index (χ1) is 20.6. The van der Waals surface area contributed by atoms with Gasteiger partial charge in [-0.3, -0.25) is 9.59 Å². The Morgan fingerprint density at radius 2 is 0.976 bits per heavy atom. The normalized spacial score (nSPS) is 12.5. The van der Waals surface area contributed by atoms with Gasteiger partial charge < -0.3 is 14.6 Å². The van der Waals surface area contributed by atoms with Gasteiger partial charge in [0.2, 0.25) is 0 Å². The molecule has 5 heteroatoms. The van der Waals surface area contributed by atoms with Crippen LogP contribution in [-0.2, 0) is 19.1 Å². The van der Waals surface area contributed by atoms with Gasteiger partial charge in [-0.05, 0) is 64.2 Å². The molecule has 0 rings (SSSR count). The second-order valence-electron chi connectivity index (χ2n) is 11.6. The highest BCUT2D eigenvalue weighted by Gasteiger charge is 2.16. The van der Waals surface area contributed by atoms with Gasteiger partial charge in [-0.1, -0.05) is 127 Å². The summed E-state index contributed by atoms with van der Waals surface area (Å²) in [6.45, 7) is 4.04.